The maximum absolute atomic E-state index is 13.0. The van der Waals surface area contributed by atoms with Gasteiger partial charge < -0.3 is 10.6 Å². The van der Waals surface area contributed by atoms with Gasteiger partial charge in [-0.3, -0.25) is 4.68 Å². The van der Waals surface area contributed by atoms with E-state index in [4.69, 9.17) is 4.78 Å². The van der Waals surface area contributed by atoms with Gasteiger partial charge in [-0.1, -0.05) is 6.07 Å². The summed E-state index contributed by atoms with van der Waals surface area (Å²) in [6, 6.07) is 1.71. The molecule has 1 atom stereocenters. The molecule has 0 spiro atoms. The molecule has 0 radical (unpaired) electrons. The van der Waals surface area contributed by atoms with Crippen LogP contribution in [0.4, 0.5) is 10.5 Å². The molecule has 1 aromatic carbocycles. The molecule has 3 aliphatic rings. The van der Waals surface area contributed by atoms with Crippen molar-refractivity contribution in [3.63, 3.8) is 0 Å². The topological polar surface area (TPSA) is 112 Å². The second-order valence-corrected chi connectivity index (χ2v) is 9.46. The van der Waals surface area contributed by atoms with E-state index in [1.165, 1.54) is 28.5 Å². The summed E-state index contributed by atoms with van der Waals surface area (Å²) < 4.78 is 25.5. The number of hydrogen-bond acceptors (Lipinski definition) is 5. The van der Waals surface area contributed by atoms with Crippen LogP contribution in [0.1, 0.15) is 40.8 Å². The number of hydrogen-bond donors (Lipinski definition) is 4. The number of fused-ring (bicyclic) bond motifs is 3. The van der Waals surface area contributed by atoms with Crippen LogP contribution in [-0.4, -0.2) is 26.6 Å². The van der Waals surface area contributed by atoms with E-state index in [0.717, 1.165) is 50.8 Å². The highest BCUT2D eigenvalue weighted by molar-refractivity contribution is 7.91. The van der Waals surface area contributed by atoms with Crippen LogP contribution in [0, 0.1) is 4.78 Å². The monoisotopic (exact) mass is 400 g/mol. The Morgan fingerprint density at radius 3 is 2.61 bits per heavy atom. The summed E-state index contributed by atoms with van der Waals surface area (Å²) in [5.41, 5.74) is 6.64. The maximum Gasteiger partial charge on any atom is 0.331 e. The van der Waals surface area contributed by atoms with Gasteiger partial charge in [0.1, 0.15) is 4.90 Å². The smallest absolute Gasteiger partial charge is 0.309 e. The van der Waals surface area contributed by atoms with E-state index >= 15 is 0 Å². The summed E-state index contributed by atoms with van der Waals surface area (Å²) in [5.74, 6) is 0. The van der Waals surface area contributed by atoms with E-state index in [0.29, 0.717) is 18.8 Å². The summed E-state index contributed by atoms with van der Waals surface area (Å²) in [6.07, 6.45) is 7.63. The first-order valence-electron chi connectivity index (χ1n) is 9.82. The highest BCUT2D eigenvalue weighted by atomic mass is 32.2. The maximum atomic E-state index is 13.0. The Bertz CT molecular complexity index is 1040. The Morgan fingerprint density at radius 1 is 1.18 bits per heavy atom. The van der Waals surface area contributed by atoms with Crippen molar-refractivity contribution in [2.24, 2.45) is 0 Å². The van der Waals surface area contributed by atoms with E-state index in [-0.39, 0.29) is 4.90 Å². The second kappa shape index (κ2) is 6.59. The SMILES string of the molecule is N=S(=O)(NC(=O)Nc1c2c(cc3c1CCC3)CCC2)c1cnn2c1CNCC2. The predicted molar refractivity (Wildman–Crippen MR) is 106 cm³/mol. The van der Waals surface area contributed by atoms with Gasteiger partial charge in [0.15, 0.2) is 9.92 Å². The summed E-state index contributed by atoms with van der Waals surface area (Å²) >= 11 is 0. The van der Waals surface area contributed by atoms with E-state index in [1.807, 2.05) is 0 Å². The van der Waals surface area contributed by atoms with E-state index in [2.05, 4.69) is 26.5 Å². The summed E-state index contributed by atoms with van der Waals surface area (Å²) in [4.78, 5) is 13.0. The number of carbonyl (C=O) groups excluding carboxylic acids is 1. The standard InChI is InChI=1S/C19H24N6O2S/c20-28(27,17-11-22-25-8-7-21-10-16(17)25)24-19(26)23-18-14-5-1-3-12(14)9-13-4-2-6-15(13)18/h9,11,21H,1-8,10H2,(H3,20,23,24,26,27). The first-order valence-corrected chi connectivity index (χ1v) is 11.4. The highest BCUT2D eigenvalue weighted by Crippen LogP contribution is 2.38. The number of benzene rings is 1. The second-order valence-electron chi connectivity index (χ2n) is 7.70. The van der Waals surface area contributed by atoms with Gasteiger partial charge in [0.05, 0.1) is 18.4 Å². The van der Waals surface area contributed by atoms with Gasteiger partial charge in [0.2, 0.25) is 0 Å². The minimum atomic E-state index is -3.49. The molecule has 0 saturated heterocycles. The van der Waals surface area contributed by atoms with Crippen molar-refractivity contribution < 1.29 is 9.00 Å². The third-order valence-electron chi connectivity index (χ3n) is 5.96. The average Bonchev–Trinajstić information content (AvgIpc) is 3.39. The van der Waals surface area contributed by atoms with Gasteiger partial charge in [-0.25, -0.2) is 18.5 Å². The van der Waals surface area contributed by atoms with Gasteiger partial charge in [-0.05, 0) is 60.8 Å². The van der Waals surface area contributed by atoms with Gasteiger partial charge in [-0.15, -0.1) is 0 Å². The van der Waals surface area contributed by atoms with E-state index in [9.17, 15) is 9.00 Å². The molecule has 2 aromatic rings. The van der Waals surface area contributed by atoms with Crippen LogP contribution in [0.3, 0.4) is 0 Å². The Kier molecular flexibility index (Phi) is 4.17. The Balaban J connectivity index is 1.41. The first kappa shape index (κ1) is 17.7. The quantitative estimate of drug-likeness (QED) is 0.632. The molecule has 2 heterocycles. The molecule has 1 aromatic heterocycles. The van der Waals surface area contributed by atoms with Gasteiger partial charge >= 0.3 is 6.03 Å². The minimum absolute atomic E-state index is 0.276. The Hall–Kier alpha value is -2.39. The molecular formula is C19H24N6O2S. The molecule has 0 bridgehead atoms. The zero-order chi connectivity index (χ0) is 19.3. The molecule has 0 fully saturated rings. The van der Waals surface area contributed by atoms with Gasteiger partial charge in [0, 0.05) is 18.8 Å². The lowest BCUT2D eigenvalue weighted by molar-refractivity contribution is 0.256. The van der Waals surface area contributed by atoms with Crippen LogP contribution in [0.5, 0.6) is 0 Å². The molecular weight excluding hydrogens is 376 g/mol. The number of anilines is 1. The van der Waals surface area contributed by atoms with Crippen LogP contribution in [0.25, 0.3) is 0 Å². The fraction of sp³-hybridized carbons (Fsp3) is 0.474. The number of amides is 2. The number of rotatable bonds is 3. The lowest BCUT2D eigenvalue weighted by Gasteiger charge is -2.19. The largest absolute Gasteiger partial charge is 0.331 e. The number of carbonyl (C=O) groups is 1. The average molecular weight is 401 g/mol. The molecule has 148 valence electrons. The third-order valence-corrected chi connectivity index (χ3v) is 7.39. The zero-order valence-electron chi connectivity index (χ0n) is 15.6. The lowest BCUT2D eigenvalue weighted by atomic mass is 9.99. The third kappa shape index (κ3) is 2.89. The van der Waals surface area contributed by atoms with Crippen LogP contribution < -0.4 is 15.4 Å². The highest BCUT2D eigenvalue weighted by Gasteiger charge is 2.27. The van der Waals surface area contributed by atoms with Crippen molar-refractivity contribution in [3.8, 4) is 0 Å². The summed E-state index contributed by atoms with van der Waals surface area (Å²) in [7, 11) is -3.49. The van der Waals surface area contributed by atoms with Crippen LogP contribution >= 0.6 is 0 Å². The molecule has 28 heavy (non-hydrogen) atoms. The van der Waals surface area contributed by atoms with E-state index < -0.39 is 15.9 Å². The molecule has 2 aliphatic carbocycles. The van der Waals surface area contributed by atoms with Crippen molar-refractivity contribution in [1.82, 2.24) is 19.8 Å². The first-order chi connectivity index (χ1) is 13.5. The Morgan fingerprint density at radius 2 is 1.89 bits per heavy atom. The van der Waals surface area contributed by atoms with Crippen LogP contribution in [-0.2, 0) is 48.7 Å². The van der Waals surface area contributed by atoms with E-state index in [1.54, 1.807) is 4.68 Å². The molecule has 1 unspecified atom stereocenters. The Labute approximate surface area is 164 Å². The van der Waals surface area contributed by atoms with Crippen molar-refractivity contribution in [2.45, 2.75) is 56.5 Å². The number of urea groups is 1. The van der Waals surface area contributed by atoms with Crippen molar-refractivity contribution in [2.75, 3.05) is 11.9 Å². The summed E-state index contributed by atoms with van der Waals surface area (Å²) in [5, 5.41) is 10.4. The van der Waals surface area contributed by atoms with Gasteiger partial charge in [0.25, 0.3) is 0 Å². The van der Waals surface area contributed by atoms with Crippen molar-refractivity contribution in [3.05, 3.63) is 40.2 Å². The normalized spacial score (nSPS) is 19.4. The minimum Gasteiger partial charge on any atom is -0.309 e. The number of aromatic nitrogens is 2. The zero-order valence-corrected chi connectivity index (χ0v) is 16.5. The number of nitrogens with zero attached hydrogens (tertiary/aromatic N) is 2. The molecule has 9 heteroatoms. The molecule has 8 nitrogen and oxygen atoms in total. The number of nitrogens with one attached hydrogen (secondary N) is 4. The predicted octanol–water partition coefficient (Wildman–Crippen LogP) is 2.11. The molecule has 4 N–H and O–H groups in total. The summed E-state index contributed by atoms with van der Waals surface area (Å²) in [6.45, 7) is 1.94. The van der Waals surface area contributed by atoms with Crippen LogP contribution in [0.2, 0.25) is 0 Å². The number of aryl methyl sites for hydroxylation is 2. The fourth-order valence-electron chi connectivity index (χ4n) is 4.69. The molecule has 1 aliphatic heterocycles. The van der Waals surface area contributed by atoms with Crippen molar-refractivity contribution in [1.29, 1.82) is 4.78 Å². The molecule has 0 saturated carbocycles. The van der Waals surface area contributed by atoms with Crippen molar-refractivity contribution >= 4 is 21.6 Å². The molecule has 2 amide bonds. The van der Waals surface area contributed by atoms with Gasteiger partial charge in [-0.2, -0.15) is 5.10 Å². The van der Waals surface area contributed by atoms with Crippen LogP contribution in [0.15, 0.2) is 17.2 Å². The lowest BCUT2D eigenvalue weighted by Crippen LogP contribution is -2.36. The molecule has 5 rings (SSSR count). The fourth-order valence-corrected chi connectivity index (χ4v) is 5.82.